The van der Waals surface area contributed by atoms with Crippen LogP contribution in [-0.4, -0.2) is 14.9 Å². The maximum Gasteiger partial charge on any atom is 0.134 e. The van der Waals surface area contributed by atoms with Crippen LogP contribution in [0.3, 0.4) is 0 Å². The Morgan fingerprint density at radius 2 is 2.05 bits per heavy atom. The summed E-state index contributed by atoms with van der Waals surface area (Å²) in [6.45, 7) is 4.15. The van der Waals surface area contributed by atoms with Gasteiger partial charge in [0, 0.05) is 24.0 Å². The number of aliphatic hydroxyl groups is 1. The molecule has 0 bridgehead atoms. The summed E-state index contributed by atoms with van der Waals surface area (Å²) in [7, 11) is 0. The maximum atomic E-state index is 10.3. The zero-order valence-electron chi connectivity index (χ0n) is 11.7. The molecule has 2 heterocycles. The quantitative estimate of drug-likeness (QED) is 0.789. The molecule has 0 spiro atoms. The molecule has 0 saturated carbocycles. The van der Waals surface area contributed by atoms with E-state index < -0.39 is 6.10 Å². The molecule has 0 amide bonds. The Hall–Kier alpha value is -2.07. The summed E-state index contributed by atoms with van der Waals surface area (Å²) in [5.41, 5.74) is 1.67. The number of hydrogen-bond donors (Lipinski definition) is 1. The Morgan fingerprint density at radius 1 is 1.25 bits per heavy atom. The van der Waals surface area contributed by atoms with Gasteiger partial charge in [-0.05, 0) is 32.0 Å². The van der Waals surface area contributed by atoms with E-state index in [0.717, 1.165) is 16.7 Å². The fraction of sp³-hybridized carbons (Fsp3) is 0.312. The summed E-state index contributed by atoms with van der Waals surface area (Å²) >= 11 is 0. The Kier molecular flexibility index (Phi) is 3.32. The molecular weight excluding hydrogens is 252 g/mol. The number of para-hydroxylation sites is 1. The summed E-state index contributed by atoms with van der Waals surface area (Å²) in [5.74, 6) is 0.588. The number of fused-ring (bicyclic) bond motifs is 1. The monoisotopic (exact) mass is 270 g/mol. The Balaban J connectivity index is 1.79. The Labute approximate surface area is 117 Å². The first-order valence-corrected chi connectivity index (χ1v) is 6.84. The third-order valence-corrected chi connectivity index (χ3v) is 3.37. The third-order valence-electron chi connectivity index (χ3n) is 3.37. The Morgan fingerprint density at radius 3 is 2.75 bits per heavy atom. The second-order valence-electron chi connectivity index (χ2n) is 5.29. The minimum atomic E-state index is -0.669. The van der Waals surface area contributed by atoms with Crippen molar-refractivity contribution >= 4 is 11.0 Å². The van der Waals surface area contributed by atoms with Crippen LogP contribution in [0.25, 0.3) is 11.0 Å². The van der Waals surface area contributed by atoms with Crippen LogP contribution in [0.15, 0.2) is 47.0 Å². The minimum Gasteiger partial charge on any atom is -0.458 e. The zero-order valence-corrected chi connectivity index (χ0v) is 11.7. The maximum absolute atomic E-state index is 10.3. The first kappa shape index (κ1) is 12.9. The third kappa shape index (κ3) is 2.47. The molecule has 4 heteroatoms. The van der Waals surface area contributed by atoms with Crippen molar-refractivity contribution in [2.75, 3.05) is 0 Å². The fourth-order valence-electron chi connectivity index (χ4n) is 2.24. The van der Waals surface area contributed by atoms with Crippen LogP contribution in [0.2, 0.25) is 0 Å². The van der Waals surface area contributed by atoms with Crippen molar-refractivity contribution < 1.29 is 9.52 Å². The number of benzene rings is 1. The summed E-state index contributed by atoms with van der Waals surface area (Å²) in [5, 5.41) is 15.7. The van der Waals surface area contributed by atoms with Crippen molar-refractivity contribution in [1.82, 2.24) is 9.78 Å². The van der Waals surface area contributed by atoms with Gasteiger partial charge in [-0.25, -0.2) is 0 Å². The number of nitrogens with zero attached hydrogens (tertiary/aromatic N) is 2. The van der Waals surface area contributed by atoms with Crippen LogP contribution < -0.4 is 0 Å². The molecule has 3 rings (SSSR count). The van der Waals surface area contributed by atoms with Crippen LogP contribution in [0.1, 0.15) is 37.4 Å². The summed E-state index contributed by atoms with van der Waals surface area (Å²) in [4.78, 5) is 0. The minimum absolute atomic E-state index is 0.326. The van der Waals surface area contributed by atoms with Gasteiger partial charge in [0.15, 0.2) is 0 Å². The van der Waals surface area contributed by atoms with E-state index in [1.54, 1.807) is 0 Å². The van der Waals surface area contributed by atoms with E-state index in [1.807, 2.05) is 47.3 Å². The van der Waals surface area contributed by atoms with Crippen molar-refractivity contribution in [2.24, 2.45) is 0 Å². The molecule has 20 heavy (non-hydrogen) atoms. The van der Waals surface area contributed by atoms with Crippen LogP contribution in [0, 0.1) is 0 Å². The van der Waals surface area contributed by atoms with E-state index in [9.17, 15) is 5.11 Å². The van der Waals surface area contributed by atoms with E-state index in [-0.39, 0.29) is 0 Å². The number of hydrogen-bond acceptors (Lipinski definition) is 3. The fourth-order valence-corrected chi connectivity index (χ4v) is 2.24. The predicted octanol–water partition coefficient (Wildman–Crippen LogP) is 3.49. The molecule has 104 valence electrons. The lowest BCUT2D eigenvalue weighted by molar-refractivity contribution is 0.151. The van der Waals surface area contributed by atoms with E-state index >= 15 is 0 Å². The molecule has 0 aliphatic heterocycles. The van der Waals surface area contributed by atoms with Crippen LogP contribution in [0.4, 0.5) is 0 Å². The SMILES string of the molecule is CC(C)n1ccc(CC(O)c2cc3ccccc3o2)n1. The lowest BCUT2D eigenvalue weighted by Crippen LogP contribution is -2.04. The van der Waals surface area contributed by atoms with Crippen molar-refractivity contribution in [3.05, 3.63) is 54.0 Å². The highest BCUT2D eigenvalue weighted by atomic mass is 16.4. The first-order chi connectivity index (χ1) is 9.63. The number of aliphatic hydroxyl groups excluding tert-OH is 1. The Bertz CT molecular complexity index is 679. The van der Waals surface area contributed by atoms with E-state index in [2.05, 4.69) is 18.9 Å². The van der Waals surface area contributed by atoms with Gasteiger partial charge in [0.25, 0.3) is 0 Å². The molecule has 2 aromatic heterocycles. The van der Waals surface area contributed by atoms with Gasteiger partial charge >= 0.3 is 0 Å². The summed E-state index contributed by atoms with van der Waals surface area (Å²) < 4.78 is 7.56. The van der Waals surface area contributed by atoms with Gasteiger partial charge in [0.05, 0.1) is 5.69 Å². The largest absolute Gasteiger partial charge is 0.458 e. The summed E-state index contributed by atoms with van der Waals surface area (Å²) in [6.07, 6.45) is 1.73. The molecule has 0 fully saturated rings. The van der Waals surface area contributed by atoms with Gasteiger partial charge in [-0.15, -0.1) is 0 Å². The van der Waals surface area contributed by atoms with E-state index in [0.29, 0.717) is 18.2 Å². The van der Waals surface area contributed by atoms with Gasteiger partial charge in [-0.2, -0.15) is 5.10 Å². The smallest absolute Gasteiger partial charge is 0.134 e. The molecule has 0 aliphatic carbocycles. The molecule has 3 aromatic rings. The van der Waals surface area contributed by atoms with Crippen molar-refractivity contribution in [1.29, 1.82) is 0 Å². The van der Waals surface area contributed by atoms with E-state index in [1.165, 1.54) is 0 Å². The first-order valence-electron chi connectivity index (χ1n) is 6.84. The standard InChI is InChI=1S/C16H18N2O2/c1-11(2)18-8-7-13(17-18)10-14(19)16-9-12-5-3-4-6-15(12)20-16/h3-9,11,14,19H,10H2,1-2H3. The van der Waals surface area contributed by atoms with Gasteiger partial charge in [0.1, 0.15) is 17.4 Å². The number of aromatic nitrogens is 2. The normalized spacial score (nSPS) is 13.2. The van der Waals surface area contributed by atoms with Crippen LogP contribution in [-0.2, 0) is 6.42 Å². The molecule has 1 atom stereocenters. The molecule has 4 nitrogen and oxygen atoms in total. The van der Waals surface area contributed by atoms with Crippen molar-refractivity contribution in [2.45, 2.75) is 32.4 Å². The van der Waals surface area contributed by atoms with Crippen LogP contribution in [0.5, 0.6) is 0 Å². The number of rotatable bonds is 4. The highest BCUT2D eigenvalue weighted by Crippen LogP contribution is 2.25. The molecule has 1 N–H and O–H groups in total. The van der Waals surface area contributed by atoms with Gasteiger partial charge < -0.3 is 9.52 Å². The average Bonchev–Trinajstić information content (AvgIpc) is 3.04. The number of furan rings is 1. The molecule has 0 saturated heterocycles. The molecule has 0 radical (unpaired) electrons. The molecular formula is C16H18N2O2. The molecule has 0 aliphatic rings. The second kappa shape index (κ2) is 5.13. The zero-order chi connectivity index (χ0) is 14.1. The topological polar surface area (TPSA) is 51.2 Å². The van der Waals surface area contributed by atoms with Gasteiger partial charge in [-0.3, -0.25) is 4.68 Å². The molecule has 1 aromatic carbocycles. The van der Waals surface area contributed by atoms with E-state index in [4.69, 9.17) is 4.42 Å². The van der Waals surface area contributed by atoms with Gasteiger partial charge in [0.2, 0.25) is 0 Å². The lowest BCUT2D eigenvalue weighted by Gasteiger charge is -2.06. The molecule has 1 unspecified atom stereocenters. The van der Waals surface area contributed by atoms with Gasteiger partial charge in [-0.1, -0.05) is 18.2 Å². The lowest BCUT2D eigenvalue weighted by atomic mass is 10.1. The van der Waals surface area contributed by atoms with Crippen LogP contribution >= 0.6 is 0 Å². The highest BCUT2D eigenvalue weighted by Gasteiger charge is 2.15. The van der Waals surface area contributed by atoms with Crippen molar-refractivity contribution in [3.63, 3.8) is 0 Å². The second-order valence-corrected chi connectivity index (χ2v) is 5.29. The highest BCUT2D eigenvalue weighted by molar-refractivity contribution is 5.77. The average molecular weight is 270 g/mol. The predicted molar refractivity (Wildman–Crippen MR) is 77.5 cm³/mol. The summed E-state index contributed by atoms with van der Waals surface area (Å²) in [6, 6.07) is 11.9. The van der Waals surface area contributed by atoms with Crippen molar-refractivity contribution in [3.8, 4) is 0 Å².